The van der Waals surface area contributed by atoms with E-state index in [9.17, 15) is 12.8 Å². The minimum atomic E-state index is -3.81. The Labute approximate surface area is 120 Å². The predicted octanol–water partition coefficient (Wildman–Crippen LogP) is 2.29. The van der Waals surface area contributed by atoms with Crippen LogP contribution in [0, 0.1) is 11.7 Å². The first-order valence-electron chi connectivity index (χ1n) is 6.01. The second kappa shape index (κ2) is 6.30. The van der Waals surface area contributed by atoms with E-state index < -0.39 is 15.8 Å². The van der Waals surface area contributed by atoms with Crippen LogP contribution in [0.15, 0.2) is 27.6 Å². The van der Waals surface area contributed by atoms with Gasteiger partial charge in [-0.3, -0.25) is 0 Å². The molecule has 1 aliphatic rings. The topological polar surface area (TPSA) is 55.4 Å². The molecule has 0 bridgehead atoms. The van der Waals surface area contributed by atoms with E-state index >= 15 is 0 Å². The monoisotopic (exact) mass is 351 g/mol. The van der Waals surface area contributed by atoms with E-state index in [0.29, 0.717) is 11.1 Å². The Balaban J connectivity index is 2.05. The second-order valence-corrected chi connectivity index (χ2v) is 7.16. The van der Waals surface area contributed by atoms with Crippen molar-refractivity contribution in [3.8, 4) is 0 Å². The minimum Gasteiger partial charge on any atom is -0.381 e. The Bertz CT molecular complexity index is 544. The average molecular weight is 352 g/mol. The Kier molecular flexibility index (Phi) is 4.94. The Morgan fingerprint density at radius 1 is 1.47 bits per heavy atom. The summed E-state index contributed by atoms with van der Waals surface area (Å²) in [6.45, 7) is 1.55. The third kappa shape index (κ3) is 3.98. The molecule has 1 aliphatic heterocycles. The molecule has 19 heavy (non-hydrogen) atoms. The van der Waals surface area contributed by atoms with Crippen LogP contribution in [-0.4, -0.2) is 28.2 Å². The van der Waals surface area contributed by atoms with Crippen molar-refractivity contribution < 1.29 is 17.5 Å². The predicted molar refractivity (Wildman–Crippen MR) is 72.8 cm³/mol. The molecule has 1 N–H and O–H groups in total. The summed E-state index contributed by atoms with van der Waals surface area (Å²) < 4.78 is 45.9. The van der Waals surface area contributed by atoms with Crippen LogP contribution in [0.1, 0.15) is 12.8 Å². The molecule has 0 saturated carbocycles. The van der Waals surface area contributed by atoms with Crippen LogP contribution >= 0.6 is 15.9 Å². The Morgan fingerprint density at radius 3 is 2.89 bits per heavy atom. The highest BCUT2D eigenvalue weighted by Gasteiger charge is 2.21. The zero-order valence-corrected chi connectivity index (χ0v) is 12.6. The summed E-state index contributed by atoms with van der Waals surface area (Å²) in [4.78, 5) is -0.326. The quantitative estimate of drug-likeness (QED) is 0.905. The highest BCUT2D eigenvalue weighted by atomic mass is 79.9. The first-order valence-corrected chi connectivity index (χ1v) is 8.29. The lowest BCUT2D eigenvalue weighted by Gasteiger charge is -2.22. The summed E-state index contributed by atoms with van der Waals surface area (Å²) in [6, 6.07) is 3.89. The molecule has 0 spiro atoms. The van der Waals surface area contributed by atoms with Crippen LogP contribution in [-0.2, 0) is 14.8 Å². The standard InChI is InChI=1S/C12H15BrFNO3S/c13-10-3-4-12(11(14)6-10)19(16,17)15-7-9-2-1-5-18-8-9/h3-4,6,9,15H,1-2,5,7-8H2. The van der Waals surface area contributed by atoms with Crippen LogP contribution in [0.2, 0.25) is 0 Å². The van der Waals surface area contributed by atoms with E-state index in [-0.39, 0.29) is 17.4 Å². The van der Waals surface area contributed by atoms with Gasteiger partial charge in [-0.2, -0.15) is 0 Å². The van der Waals surface area contributed by atoms with E-state index in [2.05, 4.69) is 20.7 Å². The van der Waals surface area contributed by atoms with E-state index in [4.69, 9.17) is 4.74 Å². The van der Waals surface area contributed by atoms with Crippen molar-refractivity contribution >= 4 is 26.0 Å². The molecule has 1 heterocycles. The third-order valence-corrected chi connectivity index (χ3v) is 4.95. The number of benzene rings is 1. The molecule has 0 aliphatic carbocycles. The summed E-state index contributed by atoms with van der Waals surface area (Å²) in [5.41, 5.74) is 0. The highest BCUT2D eigenvalue weighted by Crippen LogP contribution is 2.20. The van der Waals surface area contributed by atoms with Crippen LogP contribution < -0.4 is 4.72 Å². The largest absolute Gasteiger partial charge is 0.381 e. The summed E-state index contributed by atoms with van der Waals surface area (Å²) in [7, 11) is -3.81. The van der Waals surface area contributed by atoms with Gasteiger partial charge in [-0.15, -0.1) is 0 Å². The molecule has 2 rings (SSSR count). The van der Waals surface area contributed by atoms with E-state index in [1.807, 2.05) is 0 Å². The van der Waals surface area contributed by atoms with Gasteiger partial charge in [0, 0.05) is 17.6 Å². The van der Waals surface area contributed by atoms with Gasteiger partial charge in [0.25, 0.3) is 0 Å². The molecule has 1 atom stereocenters. The maximum atomic E-state index is 13.6. The molecule has 4 nitrogen and oxygen atoms in total. The van der Waals surface area contributed by atoms with Gasteiger partial charge in [-0.25, -0.2) is 17.5 Å². The van der Waals surface area contributed by atoms with Crippen molar-refractivity contribution in [3.05, 3.63) is 28.5 Å². The van der Waals surface area contributed by atoms with Gasteiger partial charge >= 0.3 is 0 Å². The molecule has 0 amide bonds. The van der Waals surface area contributed by atoms with Crippen LogP contribution in [0.25, 0.3) is 0 Å². The number of halogens is 2. The first kappa shape index (κ1) is 14.9. The number of hydrogen-bond donors (Lipinski definition) is 1. The molecular formula is C12H15BrFNO3S. The Hall–Kier alpha value is -0.500. The zero-order chi connectivity index (χ0) is 13.9. The van der Waals surface area contributed by atoms with Gasteiger partial charge in [-0.1, -0.05) is 15.9 Å². The zero-order valence-electron chi connectivity index (χ0n) is 10.2. The normalized spacial score (nSPS) is 20.4. The molecule has 106 valence electrons. The lowest BCUT2D eigenvalue weighted by molar-refractivity contribution is 0.0568. The molecule has 1 aromatic carbocycles. The number of rotatable bonds is 4. The summed E-state index contributed by atoms with van der Waals surface area (Å²) in [5, 5.41) is 0. The van der Waals surface area contributed by atoms with Crippen molar-refractivity contribution in [3.63, 3.8) is 0 Å². The fourth-order valence-electron chi connectivity index (χ4n) is 1.97. The lowest BCUT2D eigenvalue weighted by atomic mass is 10.0. The molecule has 0 aromatic heterocycles. The van der Waals surface area contributed by atoms with E-state index in [0.717, 1.165) is 25.5 Å². The molecule has 1 saturated heterocycles. The maximum Gasteiger partial charge on any atom is 0.243 e. The fourth-order valence-corrected chi connectivity index (χ4v) is 3.47. The molecular weight excluding hydrogens is 337 g/mol. The summed E-state index contributed by atoms with van der Waals surface area (Å²) in [5.74, 6) is -0.608. The molecule has 7 heteroatoms. The number of ether oxygens (including phenoxy) is 1. The van der Waals surface area contributed by atoms with Crippen LogP contribution in [0.3, 0.4) is 0 Å². The van der Waals surface area contributed by atoms with Gasteiger partial charge < -0.3 is 4.74 Å². The van der Waals surface area contributed by atoms with Crippen LogP contribution in [0.5, 0.6) is 0 Å². The number of nitrogens with one attached hydrogen (secondary N) is 1. The smallest absolute Gasteiger partial charge is 0.243 e. The molecule has 0 radical (unpaired) electrons. The average Bonchev–Trinajstić information content (AvgIpc) is 2.37. The van der Waals surface area contributed by atoms with Crippen molar-refractivity contribution in [1.29, 1.82) is 0 Å². The van der Waals surface area contributed by atoms with Gasteiger partial charge in [-0.05, 0) is 37.0 Å². The van der Waals surface area contributed by atoms with Crippen molar-refractivity contribution in [2.75, 3.05) is 19.8 Å². The SMILES string of the molecule is O=S(=O)(NCC1CCCOC1)c1ccc(Br)cc1F. The van der Waals surface area contributed by atoms with Crippen molar-refractivity contribution in [2.45, 2.75) is 17.7 Å². The van der Waals surface area contributed by atoms with E-state index in [1.54, 1.807) is 0 Å². The van der Waals surface area contributed by atoms with Crippen molar-refractivity contribution in [1.82, 2.24) is 4.72 Å². The lowest BCUT2D eigenvalue weighted by Crippen LogP contribution is -2.33. The first-order chi connectivity index (χ1) is 8.99. The minimum absolute atomic E-state index is 0.155. The molecule has 1 fully saturated rings. The van der Waals surface area contributed by atoms with Crippen LogP contribution in [0.4, 0.5) is 4.39 Å². The number of hydrogen-bond acceptors (Lipinski definition) is 3. The maximum absolute atomic E-state index is 13.6. The third-order valence-electron chi connectivity index (χ3n) is 3.00. The van der Waals surface area contributed by atoms with Gasteiger partial charge in [0.2, 0.25) is 10.0 Å². The van der Waals surface area contributed by atoms with Crippen molar-refractivity contribution in [2.24, 2.45) is 5.92 Å². The van der Waals surface area contributed by atoms with Gasteiger partial charge in [0.05, 0.1) is 6.61 Å². The summed E-state index contributed by atoms with van der Waals surface area (Å²) in [6.07, 6.45) is 1.85. The highest BCUT2D eigenvalue weighted by molar-refractivity contribution is 9.10. The molecule has 1 aromatic rings. The Morgan fingerprint density at radius 2 is 2.26 bits per heavy atom. The summed E-state index contributed by atoms with van der Waals surface area (Å²) >= 11 is 3.09. The van der Waals surface area contributed by atoms with Gasteiger partial charge in [0.15, 0.2) is 0 Å². The van der Waals surface area contributed by atoms with Gasteiger partial charge in [0.1, 0.15) is 10.7 Å². The fraction of sp³-hybridized carbons (Fsp3) is 0.500. The molecule has 1 unspecified atom stereocenters. The second-order valence-electron chi connectivity index (χ2n) is 4.51. The number of sulfonamides is 1. The van der Waals surface area contributed by atoms with E-state index in [1.165, 1.54) is 12.1 Å².